The van der Waals surface area contributed by atoms with Gasteiger partial charge in [-0.25, -0.2) is 0 Å². The number of hydrogen-bond donors (Lipinski definition) is 1. The molecular formula is C22H28N2O2. The number of rotatable bonds is 6. The van der Waals surface area contributed by atoms with E-state index in [0.717, 1.165) is 38.4 Å². The van der Waals surface area contributed by atoms with Gasteiger partial charge in [0.2, 0.25) is 0 Å². The number of likely N-dealkylation sites (tertiary alicyclic amines) is 1. The summed E-state index contributed by atoms with van der Waals surface area (Å²) >= 11 is 0. The molecule has 0 amide bonds. The minimum absolute atomic E-state index is 0.358. The van der Waals surface area contributed by atoms with Crippen LogP contribution >= 0.6 is 0 Å². The van der Waals surface area contributed by atoms with Gasteiger partial charge in [0.15, 0.2) is 0 Å². The predicted octanol–water partition coefficient (Wildman–Crippen LogP) is 3.82. The summed E-state index contributed by atoms with van der Waals surface area (Å²) in [6.45, 7) is 6.13. The van der Waals surface area contributed by atoms with E-state index in [4.69, 9.17) is 4.74 Å². The van der Waals surface area contributed by atoms with Gasteiger partial charge in [0.05, 0.1) is 0 Å². The Hall–Kier alpha value is -2.20. The smallest absolute Gasteiger partial charge is 0.119 e. The van der Waals surface area contributed by atoms with Crippen LogP contribution in [0.5, 0.6) is 11.5 Å². The summed E-state index contributed by atoms with van der Waals surface area (Å²) in [6, 6.07) is 14.2. The van der Waals surface area contributed by atoms with E-state index in [1.54, 1.807) is 6.07 Å². The fourth-order valence-electron chi connectivity index (χ4n) is 4.01. The molecule has 1 N–H and O–H groups in total. The Labute approximate surface area is 156 Å². The maximum absolute atomic E-state index is 9.62. The Morgan fingerprint density at radius 1 is 0.923 bits per heavy atom. The molecule has 2 aliphatic rings. The SMILES string of the molecule is Oc1ccc2c(c1)CCN2Cc1ccc(OCCN2CCCCC2)cc1. The predicted molar refractivity (Wildman–Crippen MR) is 105 cm³/mol. The largest absolute Gasteiger partial charge is 0.508 e. The van der Waals surface area contributed by atoms with Crippen LogP contribution in [0.3, 0.4) is 0 Å². The second-order valence-corrected chi connectivity index (χ2v) is 7.38. The second kappa shape index (κ2) is 8.00. The first-order chi connectivity index (χ1) is 12.8. The Bertz CT molecular complexity index is 723. The highest BCUT2D eigenvalue weighted by atomic mass is 16.5. The molecule has 0 spiro atoms. The van der Waals surface area contributed by atoms with Crippen LogP contribution < -0.4 is 9.64 Å². The van der Waals surface area contributed by atoms with Crippen molar-refractivity contribution < 1.29 is 9.84 Å². The van der Waals surface area contributed by atoms with E-state index < -0.39 is 0 Å². The Balaban J connectivity index is 1.28. The molecule has 0 radical (unpaired) electrons. The molecule has 2 aliphatic heterocycles. The standard InChI is InChI=1S/C22H28N2O2/c25-20-6-9-22-19(16-20)10-13-24(22)17-18-4-7-21(8-5-18)26-15-14-23-11-2-1-3-12-23/h4-9,16,25H,1-3,10-15,17H2. The van der Waals surface area contributed by atoms with E-state index in [2.05, 4.69) is 34.1 Å². The lowest BCUT2D eigenvalue weighted by molar-refractivity contribution is 0.183. The Kier molecular flexibility index (Phi) is 5.30. The lowest BCUT2D eigenvalue weighted by atomic mass is 10.1. The zero-order chi connectivity index (χ0) is 17.8. The van der Waals surface area contributed by atoms with Gasteiger partial charge in [0.25, 0.3) is 0 Å². The Morgan fingerprint density at radius 3 is 2.54 bits per heavy atom. The average molecular weight is 352 g/mol. The molecule has 4 nitrogen and oxygen atoms in total. The van der Waals surface area contributed by atoms with Crippen LogP contribution in [0, 0.1) is 0 Å². The lowest BCUT2D eigenvalue weighted by Crippen LogP contribution is -2.33. The third-order valence-corrected chi connectivity index (χ3v) is 5.48. The fraction of sp³-hybridized carbons (Fsp3) is 0.455. The summed E-state index contributed by atoms with van der Waals surface area (Å²) < 4.78 is 5.92. The van der Waals surface area contributed by atoms with Crippen LogP contribution in [0.15, 0.2) is 42.5 Å². The zero-order valence-electron chi connectivity index (χ0n) is 15.4. The van der Waals surface area contributed by atoms with Crippen molar-refractivity contribution >= 4 is 5.69 Å². The molecule has 2 aromatic rings. The van der Waals surface area contributed by atoms with Crippen molar-refractivity contribution in [2.24, 2.45) is 0 Å². The van der Waals surface area contributed by atoms with Crippen molar-refractivity contribution in [2.75, 3.05) is 37.7 Å². The highest BCUT2D eigenvalue weighted by Crippen LogP contribution is 2.32. The minimum Gasteiger partial charge on any atom is -0.508 e. The first-order valence-electron chi connectivity index (χ1n) is 9.79. The summed E-state index contributed by atoms with van der Waals surface area (Å²) in [6.07, 6.45) is 5.03. The zero-order valence-corrected chi connectivity index (χ0v) is 15.4. The third-order valence-electron chi connectivity index (χ3n) is 5.48. The molecule has 0 aliphatic carbocycles. The molecule has 0 unspecified atom stereocenters. The van der Waals surface area contributed by atoms with Crippen LogP contribution in [0.2, 0.25) is 0 Å². The van der Waals surface area contributed by atoms with Gasteiger partial charge in [0, 0.05) is 25.3 Å². The van der Waals surface area contributed by atoms with E-state index in [1.807, 2.05) is 12.1 Å². The van der Waals surface area contributed by atoms with Crippen molar-refractivity contribution in [3.05, 3.63) is 53.6 Å². The summed E-state index contributed by atoms with van der Waals surface area (Å²) in [7, 11) is 0. The molecule has 4 rings (SSSR count). The maximum atomic E-state index is 9.62. The molecular weight excluding hydrogens is 324 g/mol. The molecule has 0 atom stereocenters. The number of benzene rings is 2. The number of piperidine rings is 1. The fourth-order valence-corrected chi connectivity index (χ4v) is 4.01. The van der Waals surface area contributed by atoms with Crippen molar-refractivity contribution in [3.8, 4) is 11.5 Å². The molecule has 0 bridgehead atoms. The monoisotopic (exact) mass is 352 g/mol. The Morgan fingerprint density at radius 2 is 1.73 bits per heavy atom. The van der Waals surface area contributed by atoms with Gasteiger partial charge in [-0.2, -0.15) is 0 Å². The van der Waals surface area contributed by atoms with Crippen molar-refractivity contribution in [1.29, 1.82) is 0 Å². The normalized spacial score (nSPS) is 17.3. The number of fused-ring (bicyclic) bond motifs is 1. The van der Waals surface area contributed by atoms with Crippen LogP contribution in [0.4, 0.5) is 5.69 Å². The topological polar surface area (TPSA) is 35.9 Å². The molecule has 2 aromatic carbocycles. The maximum Gasteiger partial charge on any atom is 0.119 e. The van der Waals surface area contributed by atoms with Crippen molar-refractivity contribution in [3.63, 3.8) is 0 Å². The van der Waals surface area contributed by atoms with Gasteiger partial charge < -0.3 is 14.7 Å². The van der Waals surface area contributed by atoms with E-state index in [-0.39, 0.29) is 0 Å². The molecule has 1 fully saturated rings. The molecule has 0 saturated carbocycles. The summed E-state index contributed by atoms with van der Waals surface area (Å²) in [4.78, 5) is 4.88. The van der Waals surface area contributed by atoms with Gasteiger partial charge in [-0.1, -0.05) is 18.6 Å². The highest BCUT2D eigenvalue weighted by molar-refractivity contribution is 5.60. The lowest BCUT2D eigenvalue weighted by Gasteiger charge is -2.26. The van der Waals surface area contributed by atoms with Crippen LogP contribution in [-0.2, 0) is 13.0 Å². The van der Waals surface area contributed by atoms with Crippen molar-refractivity contribution in [1.82, 2.24) is 4.90 Å². The molecule has 26 heavy (non-hydrogen) atoms. The number of aromatic hydroxyl groups is 1. The minimum atomic E-state index is 0.358. The van der Waals surface area contributed by atoms with Gasteiger partial charge in [-0.05, 0) is 73.8 Å². The summed E-state index contributed by atoms with van der Waals surface area (Å²) in [5.41, 5.74) is 3.77. The molecule has 4 heteroatoms. The number of hydrogen-bond acceptors (Lipinski definition) is 4. The summed E-state index contributed by atoms with van der Waals surface area (Å²) in [5.74, 6) is 1.31. The van der Waals surface area contributed by atoms with E-state index in [9.17, 15) is 5.11 Å². The van der Waals surface area contributed by atoms with E-state index in [1.165, 1.54) is 49.2 Å². The summed E-state index contributed by atoms with van der Waals surface area (Å²) in [5, 5.41) is 9.62. The molecule has 2 heterocycles. The highest BCUT2D eigenvalue weighted by Gasteiger charge is 2.19. The van der Waals surface area contributed by atoms with Gasteiger partial charge >= 0.3 is 0 Å². The van der Waals surface area contributed by atoms with Gasteiger partial charge in [-0.3, -0.25) is 4.90 Å². The quantitative estimate of drug-likeness (QED) is 0.857. The van der Waals surface area contributed by atoms with E-state index >= 15 is 0 Å². The van der Waals surface area contributed by atoms with E-state index in [0.29, 0.717) is 5.75 Å². The van der Waals surface area contributed by atoms with Crippen LogP contribution in [0.1, 0.15) is 30.4 Å². The first kappa shape index (κ1) is 17.2. The van der Waals surface area contributed by atoms with Crippen LogP contribution in [-0.4, -0.2) is 42.8 Å². The van der Waals surface area contributed by atoms with Crippen molar-refractivity contribution in [2.45, 2.75) is 32.2 Å². The molecule has 138 valence electrons. The second-order valence-electron chi connectivity index (χ2n) is 7.38. The van der Waals surface area contributed by atoms with Gasteiger partial charge in [-0.15, -0.1) is 0 Å². The number of phenolic OH excluding ortho intramolecular Hbond substituents is 1. The van der Waals surface area contributed by atoms with Gasteiger partial charge in [0.1, 0.15) is 18.1 Å². The average Bonchev–Trinajstić information content (AvgIpc) is 3.06. The third kappa shape index (κ3) is 4.13. The number of ether oxygens (including phenoxy) is 1. The number of nitrogens with zero attached hydrogens (tertiary/aromatic N) is 2. The number of anilines is 1. The molecule has 0 aromatic heterocycles. The van der Waals surface area contributed by atoms with Crippen LogP contribution in [0.25, 0.3) is 0 Å². The first-order valence-corrected chi connectivity index (χ1v) is 9.79. The number of phenols is 1. The molecule has 1 saturated heterocycles.